The smallest absolute Gasteiger partial charge is 0.0594 e. The second-order valence-electron chi connectivity index (χ2n) is 7.00. The maximum atomic E-state index is 5.48. The number of hydrogen-bond donors (Lipinski definition) is 1. The molecular weight excluding hydrogens is 250 g/mol. The quantitative estimate of drug-likeness (QED) is 0.819. The molecule has 3 fully saturated rings. The van der Waals surface area contributed by atoms with Gasteiger partial charge in [-0.3, -0.25) is 4.90 Å². The molecule has 0 radical (unpaired) electrons. The molecule has 0 spiro atoms. The molecule has 0 aliphatic carbocycles. The Labute approximate surface area is 123 Å². The molecule has 0 aromatic heterocycles. The van der Waals surface area contributed by atoms with Crippen LogP contribution in [-0.2, 0) is 4.74 Å². The minimum absolute atomic E-state index is 0.564. The van der Waals surface area contributed by atoms with Gasteiger partial charge in [-0.2, -0.15) is 0 Å². The van der Waals surface area contributed by atoms with Gasteiger partial charge in [0.15, 0.2) is 0 Å². The van der Waals surface area contributed by atoms with Gasteiger partial charge in [-0.1, -0.05) is 13.3 Å². The van der Waals surface area contributed by atoms with E-state index in [9.17, 15) is 0 Å². The number of morpholine rings is 1. The number of nitrogens with one attached hydrogen (secondary N) is 1. The maximum absolute atomic E-state index is 5.48. The highest BCUT2D eigenvalue weighted by atomic mass is 16.5. The van der Waals surface area contributed by atoms with Crippen LogP contribution in [0.2, 0.25) is 0 Å². The highest BCUT2D eigenvalue weighted by Gasteiger charge is 2.37. The fourth-order valence-electron chi connectivity index (χ4n) is 4.42. The molecule has 2 atom stereocenters. The highest BCUT2D eigenvalue weighted by Crippen LogP contribution is 2.33. The van der Waals surface area contributed by atoms with Crippen molar-refractivity contribution in [1.82, 2.24) is 15.1 Å². The van der Waals surface area contributed by atoms with E-state index < -0.39 is 0 Å². The standard InChI is InChI=1S/C16H31N3O/c1-2-4-16(5-6-17-13-16)14-18-7-3-15(12-18)19-8-10-20-11-9-19/h15,17H,2-14H2,1H3. The molecule has 1 N–H and O–H groups in total. The molecule has 3 aliphatic rings. The molecule has 0 bridgehead atoms. The maximum Gasteiger partial charge on any atom is 0.0594 e. The van der Waals surface area contributed by atoms with Gasteiger partial charge in [-0.15, -0.1) is 0 Å². The molecule has 3 heterocycles. The van der Waals surface area contributed by atoms with Gasteiger partial charge in [0.25, 0.3) is 0 Å². The molecule has 3 aliphatic heterocycles. The van der Waals surface area contributed by atoms with Crippen molar-refractivity contribution in [2.45, 2.75) is 38.6 Å². The van der Waals surface area contributed by atoms with Gasteiger partial charge in [-0.05, 0) is 37.8 Å². The van der Waals surface area contributed by atoms with Crippen molar-refractivity contribution < 1.29 is 4.74 Å². The lowest BCUT2D eigenvalue weighted by molar-refractivity contribution is 0.0176. The third kappa shape index (κ3) is 3.35. The third-order valence-corrected chi connectivity index (χ3v) is 5.48. The van der Waals surface area contributed by atoms with Gasteiger partial charge < -0.3 is 15.0 Å². The average molecular weight is 281 g/mol. The summed E-state index contributed by atoms with van der Waals surface area (Å²) >= 11 is 0. The van der Waals surface area contributed by atoms with E-state index >= 15 is 0 Å². The van der Waals surface area contributed by atoms with Crippen molar-refractivity contribution in [3.05, 3.63) is 0 Å². The fourth-order valence-corrected chi connectivity index (χ4v) is 4.42. The Hall–Kier alpha value is -0.160. The van der Waals surface area contributed by atoms with Gasteiger partial charge in [0.05, 0.1) is 13.2 Å². The number of ether oxygens (including phenoxy) is 1. The molecular formula is C16H31N3O. The van der Waals surface area contributed by atoms with E-state index in [-0.39, 0.29) is 0 Å². The molecule has 0 amide bonds. The molecule has 4 nitrogen and oxygen atoms in total. The van der Waals surface area contributed by atoms with Crippen LogP contribution in [0.1, 0.15) is 32.6 Å². The van der Waals surface area contributed by atoms with Crippen molar-refractivity contribution >= 4 is 0 Å². The van der Waals surface area contributed by atoms with Crippen LogP contribution < -0.4 is 5.32 Å². The van der Waals surface area contributed by atoms with Crippen molar-refractivity contribution in [3.8, 4) is 0 Å². The largest absolute Gasteiger partial charge is 0.379 e. The van der Waals surface area contributed by atoms with Crippen LogP contribution in [0, 0.1) is 5.41 Å². The molecule has 0 saturated carbocycles. The molecule has 0 aromatic carbocycles. The van der Waals surface area contributed by atoms with E-state index in [1.807, 2.05) is 0 Å². The first-order valence-corrected chi connectivity index (χ1v) is 8.56. The number of hydrogen-bond acceptors (Lipinski definition) is 4. The normalized spacial score (nSPS) is 36.8. The van der Waals surface area contributed by atoms with Crippen LogP contribution >= 0.6 is 0 Å². The molecule has 3 rings (SSSR count). The van der Waals surface area contributed by atoms with Crippen LogP contribution in [0.3, 0.4) is 0 Å². The molecule has 20 heavy (non-hydrogen) atoms. The Morgan fingerprint density at radius 2 is 2.10 bits per heavy atom. The van der Waals surface area contributed by atoms with Crippen molar-refractivity contribution in [2.75, 3.05) is 59.0 Å². The zero-order valence-corrected chi connectivity index (χ0v) is 13.1. The molecule has 2 unspecified atom stereocenters. The van der Waals surface area contributed by atoms with E-state index in [1.54, 1.807) is 0 Å². The van der Waals surface area contributed by atoms with Crippen LogP contribution in [0.5, 0.6) is 0 Å². The van der Waals surface area contributed by atoms with Gasteiger partial charge >= 0.3 is 0 Å². The number of rotatable bonds is 5. The monoisotopic (exact) mass is 281 g/mol. The second-order valence-corrected chi connectivity index (χ2v) is 7.00. The predicted octanol–water partition coefficient (Wildman–Crippen LogP) is 1.17. The van der Waals surface area contributed by atoms with Crippen LogP contribution in [0.25, 0.3) is 0 Å². The molecule has 3 saturated heterocycles. The van der Waals surface area contributed by atoms with Gasteiger partial charge in [0.2, 0.25) is 0 Å². The van der Waals surface area contributed by atoms with Crippen LogP contribution in [-0.4, -0.2) is 74.9 Å². The summed E-state index contributed by atoms with van der Waals surface area (Å²) in [6.45, 7) is 12.8. The van der Waals surface area contributed by atoms with E-state index in [1.165, 1.54) is 58.4 Å². The summed E-state index contributed by atoms with van der Waals surface area (Å²) in [5.41, 5.74) is 0.564. The van der Waals surface area contributed by atoms with E-state index in [0.717, 1.165) is 32.3 Å². The summed E-state index contributed by atoms with van der Waals surface area (Å²) in [5.74, 6) is 0. The number of nitrogens with zero attached hydrogens (tertiary/aromatic N) is 2. The Morgan fingerprint density at radius 1 is 1.25 bits per heavy atom. The average Bonchev–Trinajstić information content (AvgIpc) is 3.11. The minimum Gasteiger partial charge on any atom is -0.379 e. The lowest BCUT2D eigenvalue weighted by atomic mass is 9.82. The highest BCUT2D eigenvalue weighted by molar-refractivity contribution is 4.93. The molecule has 0 aromatic rings. The SMILES string of the molecule is CCCC1(CN2CCC(N3CCOCC3)C2)CCNC1. The zero-order chi connectivity index (χ0) is 13.8. The summed E-state index contributed by atoms with van der Waals surface area (Å²) in [4.78, 5) is 5.39. The lowest BCUT2D eigenvalue weighted by Crippen LogP contribution is -2.45. The van der Waals surface area contributed by atoms with Gasteiger partial charge in [-0.25, -0.2) is 0 Å². The second kappa shape index (κ2) is 6.73. The van der Waals surface area contributed by atoms with Crippen LogP contribution in [0.15, 0.2) is 0 Å². The van der Waals surface area contributed by atoms with E-state index in [0.29, 0.717) is 5.41 Å². The Kier molecular flexibility index (Phi) is 4.97. The summed E-state index contributed by atoms with van der Waals surface area (Å²) in [5, 5.41) is 3.59. The van der Waals surface area contributed by atoms with Gasteiger partial charge in [0.1, 0.15) is 0 Å². The fraction of sp³-hybridized carbons (Fsp3) is 1.00. The summed E-state index contributed by atoms with van der Waals surface area (Å²) in [6.07, 6.45) is 5.44. The molecule has 116 valence electrons. The van der Waals surface area contributed by atoms with E-state index in [2.05, 4.69) is 22.0 Å². The Morgan fingerprint density at radius 3 is 2.80 bits per heavy atom. The van der Waals surface area contributed by atoms with Crippen molar-refractivity contribution in [1.29, 1.82) is 0 Å². The first-order chi connectivity index (χ1) is 9.81. The molecule has 4 heteroatoms. The Balaban J connectivity index is 1.51. The van der Waals surface area contributed by atoms with Crippen LogP contribution in [0.4, 0.5) is 0 Å². The zero-order valence-electron chi connectivity index (χ0n) is 13.1. The first kappa shape index (κ1) is 14.8. The third-order valence-electron chi connectivity index (χ3n) is 5.48. The van der Waals surface area contributed by atoms with Gasteiger partial charge in [0, 0.05) is 38.8 Å². The lowest BCUT2D eigenvalue weighted by Gasteiger charge is -2.35. The minimum atomic E-state index is 0.564. The number of likely N-dealkylation sites (tertiary alicyclic amines) is 1. The van der Waals surface area contributed by atoms with E-state index in [4.69, 9.17) is 4.74 Å². The predicted molar refractivity (Wildman–Crippen MR) is 82.1 cm³/mol. The first-order valence-electron chi connectivity index (χ1n) is 8.56. The summed E-state index contributed by atoms with van der Waals surface area (Å²) in [7, 11) is 0. The Bertz CT molecular complexity index is 298. The summed E-state index contributed by atoms with van der Waals surface area (Å²) in [6, 6.07) is 0.784. The summed E-state index contributed by atoms with van der Waals surface area (Å²) < 4.78 is 5.48. The van der Waals surface area contributed by atoms with Crippen molar-refractivity contribution in [2.24, 2.45) is 5.41 Å². The van der Waals surface area contributed by atoms with Crippen molar-refractivity contribution in [3.63, 3.8) is 0 Å². The topological polar surface area (TPSA) is 27.7 Å².